The van der Waals surface area contributed by atoms with Crippen molar-refractivity contribution >= 4 is 34.5 Å². The lowest BCUT2D eigenvalue weighted by atomic mass is 10.3. The van der Waals surface area contributed by atoms with E-state index in [2.05, 4.69) is 35.8 Å². The van der Waals surface area contributed by atoms with Gasteiger partial charge in [0.15, 0.2) is 11.3 Å². The van der Waals surface area contributed by atoms with Crippen LogP contribution in [0.25, 0.3) is 11.3 Å². The topological polar surface area (TPSA) is 131 Å². The number of fused-ring (bicyclic) bond motifs is 2. The summed E-state index contributed by atoms with van der Waals surface area (Å²) in [7, 11) is 0. The number of anilines is 2. The molecule has 0 bridgehead atoms. The Morgan fingerprint density at radius 3 is 1.72 bits per heavy atom. The molecule has 0 fully saturated rings. The van der Waals surface area contributed by atoms with Crippen LogP contribution in [0.5, 0.6) is 0 Å². The van der Waals surface area contributed by atoms with Crippen LogP contribution in [0, 0.1) is 0 Å². The molecule has 11 heteroatoms. The van der Waals surface area contributed by atoms with Crippen molar-refractivity contribution in [3.63, 3.8) is 0 Å². The lowest BCUT2D eigenvalue weighted by Crippen LogP contribution is -2.12. The minimum Gasteiger partial charge on any atom is -0.322 e. The largest absolute Gasteiger partial charge is 0.322 e. The first kappa shape index (κ1) is 22.3. The monoisotopic (exact) mass is 477 g/mol. The predicted molar refractivity (Wildman–Crippen MR) is 133 cm³/mol. The van der Waals surface area contributed by atoms with Gasteiger partial charge in [-0.15, -0.1) is 0 Å². The summed E-state index contributed by atoms with van der Waals surface area (Å²) in [6, 6.07) is 16.3. The van der Waals surface area contributed by atoms with Crippen molar-refractivity contribution in [2.45, 2.75) is 0 Å². The van der Waals surface area contributed by atoms with E-state index in [0.29, 0.717) is 28.1 Å². The molecule has 0 atom stereocenters. The second-order valence-corrected chi connectivity index (χ2v) is 7.41. The molecule has 36 heavy (non-hydrogen) atoms. The van der Waals surface area contributed by atoms with Crippen LogP contribution in [0.2, 0.25) is 0 Å². The summed E-state index contributed by atoms with van der Waals surface area (Å²) in [5.74, 6) is -0.466. The van der Waals surface area contributed by atoms with Gasteiger partial charge >= 0.3 is 0 Å². The van der Waals surface area contributed by atoms with Crippen molar-refractivity contribution in [2.24, 2.45) is 0 Å². The highest BCUT2D eigenvalue weighted by atomic mass is 16.2. The van der Waals surface area contributed by atoms with E-state index in [1.807, 2.05) is 30.3 Å². The first-order valence-electron chi connectivity index (χ1n) is 10.8. The molecule has 5 aromatic heterocycles. The molecule has 0 aliphatic carbocycles. The summed E-state index contributed by atoms with van der Waals surface area (Å²) < 4.78 is 3.12. The third kappa shape index (κ3) is 4.89. The zero-order valence-corrected chi connectivity index (χ0v) is 18.8. The minimum atomic E-state index is -0.253. The van der Waals surface area contributed by atoms with Crippen molar-refractivity contribution in [3.05, 3.63) is 115 Å². The number of carbonyl (C=O) groups is 2. The number of aromatic nitrogens is 7. The SMILES string of the molecule is O=C(Nc1ccccc1)c1cnn2cccnc12.O=C(Nc1cccnc1)c1cnn2cccnc12. The maximum atomic E-state index is 12.1. The van der Waals surface area contributed by atoms with Gasteiger partial charge in [0.25, 0.3) is 11.8 Å². The summed E-state index contributed by atoms with van der Waals surface area (Å²) in [5.41, 5.74) is 3.35. The maximum Gasteiger partial charge on any atom is 0.261 e. The predicted octanol–water partition coefficient (Wildman–Crippen LogP) is 3.36. The number of nitrogens with zero attached hydrogens (tertiary/aromatic N) is 7. The molecule has 176 valence electrons. The zero-order valence-electron chi connectivity index (χ0n) is 18.8. The minimum absolute atomic E-state index is 0.213. The van der Waals surface area contributed by atoms with E-state index < -0.39 is 0 Å². The molecule has 0 saturated heterocycles. The van der Waals surface area contributed by atoms with Crippen LogP contribution >= 0.6 is 0 Å². The van der Waals surface area contributed by atoms with Gasteiger partial charge in [0.2, 0.25) is 0 Å². The fourth-order valence-corrected chi connectivity index (χ4v) is 3.33. The van der Waals surface area contributed by atoms with Crippen molar-refractivity contribution in [1.29, 1.82) is 0 Å². The van der Waals surface area contributed by atoms with E-state index in [1.54, 1.807) is 70.5 Å². The Hall–Kier alpha value is -5.45. The number of rotatable bonds is 4. The number of pyridine rings is 1. The second-order valence-electron chi connectivity index (χ2n) is 7.41. The van der Waals surface area contributed by atoms with Crippen LogP contribution in [0.1, 0.15) is 20.7 Å². The summed E-state index contributed by atoms with van der Waals surface area (Å²) in [6.07, 6.45) is 13.0. The van der Waals surface area contributed by atoms with Gasteiger partial charge in [0.1, 0.15) is 11.1 Å². The Labute approximate surface area is 204 Å². The third-order valence-corrected chi connectivity index (χ3v) is 5.00. The fraction of sp³-hybridized carbons (Fsp3) is 0. The average molecular weight is 477 g/mol. The molecule has 0 unspecified atom stereocenters. The summed E-state index contributed by atoms with van der Waals surface area (Å²) in [4.78, 5) is 36.3. The van der Waals surface area contributed by atoms with Gasteiger partial charge in [-0.25, -0.2) is 19.0 Å². The Bertz CT molecular complexity index is 1510. The normalized spacial score (nSPS) is 10.4. The molecule has 0 saturated carbocycles. The maximum absolute atomic E-state index is 12.1. The highest BCUT2D eigenvalue weighted by Gasteiger charge is 2.14. The van der Waals surface area contributed by atoms with Crippen LogP contribution in [-0.4, -0.2) is 46.0 Å². The van der Waals surface area contributed by atoms with Crippen LogP contribution in [0.15, 0.2) is 104 Å². The van der Waals surface area contributed by atoms with Gasteiger partial charge < -0.3 is 10.6 Å². The highest BCUT2D eigenvalue weighted by Crippen LogP contribution is 2.12. The van der Waals surface area contributed by atoms with Crippen LogP contribution in [-0.2, 0) is 0 Å². The summed E-state index contributed by atoms with van der Waals surface area (Å²) in [5, 5.41) is 13.7. The van der Waals surface area contributed by atoms with E-state index >= 15 is 0 Å². The highest BCUT2D eigenvalue weighted by molar-refractivity contribution is 6.08. The first-order chi connectivity index (χ1) is 17.7. The Balaban J connectivity index is 0.000000148. The number of para-hydroxylation sites is 1. The number of carbonyl (C=O) groups excluding carboxylic acids is 2. The standard InChI is InChI=1S/C13H10N4O.C12H9N5O/c18-13(16-10-5-2-1-3-6-10)11-9-15-17-8-4-7-14-12(11)17;18-12(16-9-3-1-4-13-7-9)10-8-15-17-6-2-5-14-11(10)17/h1-9H,(H,16,18);1-8H,(H,16,18). The lowest BCUT2D eigenvalue weighted by molar-refractivity contribution is 0.102. The van der Waals surface area contributed by atoms with E-state index in [4.69, 9.17) is 0 Å². The lowest BCUT2D eigenvalue weighted by Gasteiger charge is -2.02. The number of amides is 2. The van der Waals surface area contributed by atoms with Gasteiger partial charge in [-0.2, -0.15) is 10.2 Å². The van der Waals surface area contributed by atoms with Gasteiger partial charge in [-0.05, 0) is 36.4 Å². The molecule has 11 nitrogen and oxygen atoms in total. The van der Waals surface area contributed by atoms with Crippen LogP contribution in [0.3, 0.4) is 0 Å². The first-order valence-corrected chi connectivity index (χ1v) is 10.8. The van der Waals surface area contributed by atoms with Gasteiger partial charge in [-0.1, -0.05) is 18.2 Å². The molecule has 0 aliphatic rings. The van der Waals surface area contributed by atoms with E-state index in [1.165, 1.54) is 12.4 Å². The number of hydrogen-bond acceptors (Lipinski definition) is 7. The molecule has 2 N–H and O–H groups in total. The van der Waals surface area contributed by atoms with Gasteiger partial charge in [-0.3, -0.25) is 14.6 Å². The molecule has 5 heterocycles. The smallest absolute Gasteiger partial charge is 0.261 e. The van der Waals surface area contributed by atoms with Crippen molar-refractivity contribution in [2.75, 3.05) is 10.6 Å². The quantitative estimate of drug-likeness (QED) is 0.398. The molecular formula is C25H19N9O2. The number of benzene rings is 1. The number of nitrogens with one attached hydrogen (secondary N) is 2. The summed E-state index contributed by atoms with van der Waals surface area (Å²) >= 11 is 0. The number of hydrogen-bond donors (Lipinski definition) is 2. The van der Waals surface area contributed by atoms with Crippen molar-refractivity contribution in [1.82, 2.24) is 34.2 Å². The molecular weight excluding hydrogens is 458 g/mol. The van der Waals surface area contributed by atoms with Crippen molar-refractivity contribution < 1.29 is 9.59 Å². The Morgan fingerprint density at radius 2 is 1.17 bits per heavy atom. The van der Waals surface area contributed by atoms with Gasteiger partial charge in [0.05, 0.1) is 24.3 Å². The zero-order chi connectivity index (χ0) is 24.7. The molecule has 0 spiro atoms. The molecule has 0 aliphatic heterocycles. The van der Waals surface area contributed by atoms with E-state index in [9.17, 15) is 9.59 Å². The van der Waals surface area contributed by atoms with Gasteiger partial charge in [0, 0.05) is 36.7 Å². The second kappa shape index (κ2) is 10.2. The summed E-state index contributed by atoms with van der Waals surface area (Å²) in [6.45, 7) is 0. The average Bonchev–Trinajstić information content (AvgIpc) is 3.55. The molecule has 1 aromatic carbocycles. The third-order valence-electron chi connectivity index (χ3n) is 5.00. The molecule has 6 aromatic rings. The molecule has 6 rings (SSSR count). The Morgan fingerprint density at radius 1 is 0.611 bits per heavy atom. The Kier molecular flexibility index (Phi) is 6.34. The molecule has 2 amide bonds. The molecule has 0 radical (unpaired) electrons. The van der Waals surface area contributed by atoms with Crippen molar-refractivity contribution in [3.8, 4) is 0 Å². The van der Waals surface area contributed by atoms with Crippen LogP contribution < -0.4 is 10.6 Å². The van der Waals surface area contributed by atoms with Crippen LogP contribution in [0.4, 0.5) is 11.4 Å². The van der Waals surface area contributed by atoms with E-state index in [0.717, 1.165) is 5.69 Å². The van der Waals surface area contributed by atoms with E-state index in [-0.39, 0.29) is 11.8 Å². The fourth-order valence-electron chi connectivity index (χ4n) is 3.33.